The van der Waals surface area contributed by atoms with Gasteiger partial charge in [0, 0.05) is 48.0 Å². The monoisotopic (exact) mass is 373 g/mol. The molecular weight excluding hydrogens is 350 g/mol. The van der Waals surface area contributed by atoms with Crippen molar-refractivity contribution in [2.75, 3.05) is 32.1 Å². The maximum atomic E-state index is 12.6. The number of likely N-dealkylation sites (tertiary alicyclic amines) is 1. The Hall–Kier alpha value is -2.15. The molecule has 1 saturated heterocycles. The topological polar surface area (TPSA) is 67.5 Å². The summed E-state index contributed by atoms with van der Waals surface area (Å²) in [5.74, 6) is 2.98. The zero-order valence-corrected chi connectivity index (χ0v) is 15.5. The van der Waals surface area contributed by atoms with Gasteiger partial charge >= 0.3 is 0 Å². The van der Waals surface area contributed by atoms with E-state index < -0.39 is 0 Å². The van der Waals surface area contributed by atoms with Crippen LogP contribution in [0.4, 0.5) is 0 Å². The second-order valence-electron chi connectivity index (χ2n) is 6.59. The molecule has 1 atom stereocenters. The number of nitrogens with zero attached hydrogens (tertiary/aromatic N) is 2. The normalized spacial score (nSPS) is 19.4. The van der Waals surface area contributed by atoms with E-state index in [1.165, 1.54) is 0 Å². The third kappa shape index (κ3) is 3.98. The number of ether oxygens (including phenoxy) is 2. The lowest BCUT2D eigenvalue weighted by molar-refractivity contribution is -0.131. The average Bonchev–Trinajstić information content (AvgIpc) is 3.23. The number of piperidine rings is 1. The summed E-state index contributed by atoms with van der Waals surface area (Å²) in [6.07, 6.45) is 4.48. The number of carbonyl (C=O) groups is 1. The summed E-state index contributed by atoms with van der Waals surface area (Å²) in [6, 6.07) is 7.98. The zero-order valence-electron chi connectivity index (χ0n) is 14.6. The van der Waals surface area contributed by atoms with E-state index in [1.807, 2.05) is 29.2 Å². The van der Waals surface area contributed by atoms with Crippen LogP contribution in [0.3, 0.4) is 0 Å². The number of rotatable bonds is 5. The molecule has 0 bridgehead atoms. The van der Waals surface area contributed by atoms with Crippen LogP contribution >= 0.6 is 11.8 Å². The highest BCUT2D eigenvalue weighted by Gasteiger charge is 2.25. The lowest BCUT2D eigenvalue weighted by Crippen LogP contribution is -2.39. The molecule has 1 N–H and O–H groups in total. The number of nitrogens with one attached hydrogen (secondary N) is 1. The predicted molar refractivity (Wildman–Crippen MR) is 99.9 cm³/mol. The van der Waals surface area contributed by atoms with Crippen molar-refractivity contribution in [2.45, 2.75) is 30.1 Å². The summed E-state index contributed by atoms with van der Waals surface area (Å²) in [5, 5.41) is 7.07. The first-order chi connectivity index (χ1) is 12.8. The van der Waals surface area contributed by atoms with Crippen LogP contribution in [0.25, 0.3) is 0 Å². The maximum Gasteiger partial charge on any atom is 0.223 e. The maximum absolute atomic E-state index is 12.6. The van der Waals surface area contributed by atoms with Gasteiger partial charge < -0.3 is 14.4 Å². The minimum absolute atomic E-state index is 0.235. The van der Waals surface area contributed by atoms with Gasteiger partial charge in [-0.2, -0.15) is 5.10 Å². The van der Waals surface area contributed by atoms with E-state index in [1.54, 1.807) is 18.0 Å². The number of benzene rings is 1. The molecule has 1 aromatic carbocycles. The minimum atomic E-state index is 0.235. The van der Waals surface area contributed by atoms with Crippen LogP contribution in [0.5, 0.6) is 11.5 Å². The van der Waals surface area contributed by atoms with Gasteiger partial charge in [0.1, 0.15) is 13.2 Å². The number of fused-ring (bicyclic) bond motifs is 1. The van der Waals surface area contributed by atoms with Crippen molar-refractivity contribution in [3.05, 3.63) is 36.2 Å². The Balaban J connectivity index is 1.27. The van der Waals surface area contributed by atoms with Crippen molar-refractivity contribution in [2.24, 2.45) is 0 Å². The highest BCUT2D eigenvalue weighted by molar-refractivity contribution is 7.99. The molecule has 6 nitrogen and oxygen atoms in total. The van der Waals surface area contributed by atoms with Crippen LogP contribution in [0.1, 0.15) is 30.9 Å². The molecule has 0 radical (unpaired) electrons. The van der Waals surface area contributed by atoms with Crippen molar-refractivity contribution in [3.8, 4) is 11.5 Å². The Morgan fingerprint density at radius 3 is 3.00 bits per heavy atom. The van der Waals surface area contributed by atoms with Crippen LogP contribution in [-0.2, 0) is 4.79 Å². The van der Waals surface area contributed by atoms with Crippen molar-refractivity contribution < 1.29 is 14.3 Å². The summed E-state index contributed by atoms with van der Waals surface area (Å²) < 4.78 is 11.2. The molecule has 2 aromatic rings. The fourth-order valence-electron chi connectivity index (χ4n) is 3.48. The fraction of sp³-hybridized carbons (Fsp3) is 0.474. The van der Waals surface area contributed by atoms with Gasteiger partial charge in [-0.1, -0.05) is 0 Å². The average molecular weight is 373 g/mol. The first-order valence-corrected chi connectivity index (χ1v) is 10.1. The molecule has 1 aromatic heterocycles. The highest BCUT2D eigenvalue weighted by Crippen LogP contribution is 2.34. The number of amides is 1. The Morgan fingerprint density at radius 1 is 1.27 bits per heavy atom. The van der Waals surface area contributed by atoms with E-state index in [-0.39, 0.29) is 5.91 Å². The molecule has 0 saturated carbocycles. The van der Waals surface area contributed by atoms with Crippen LogP contribution in [0, 0.1) is 0 Å². The first kappa shape index (κ1) is 17.3. The van der Waals surface area contributed by atoms with Crippen LogP contribution in [-0.4, -0.2) is 53.1 Å². The van der Waals surface area contributed by atoms with E-state index in [4.69, 9.17) is 9.47 Å². The summed E-state index contributed by atoms with van der Waals surface area (Å²) in [6.45, 7) is 2.84. The van der Waals surface area contributed by atoms with E-state index in [0.717, 1.165) is 53.8 Å². The number of aromatic nitrogens is 2. The third-order valence-corrected chi connectivity index (χ3v) is 5.83. The second kappa shape index (κ2) is 8.03. The van der Waals surface area contributed by atoms with Crippen molar-refractivity contribution in [1.82, 2.24) is 15.1 Å². The standard InChI is InChI=1S/C19H23N3O3S/c23-19(22-8-1-2-14(13-22)16-5-7-20-21-16)6-11-26-15-3-4-17-18(12-15)25-10-9-24-17/h3-5,7,12,14H,1-2,6,8-11,13H2,(H,20,21)/t14-/m1/s1. The largest absolute Gasteiger partial charge is 0.486 e. The van der Waals surface area contributed by atoms with E-state index in [9.17, 15) is 4.79 Å². The molecule has 2 aliphatic heterocycles. The Bertz CT molecular complexity index is 750. The zero-order chi connectivity index (χ0) is 17.8. The molecule has 1 fully saturated rings. The van der Waals surface area contributed by atoms with Gasteiger partial charge in [-0.05, 0) is 37.1 Å². The molecule has 0 aliphatic carbocycles. The fourth-order valence-corrected chi connectivity index (χ4v) is 4.35. The molecule has 2 aliphatic rings. The molecular formula is C19H23N3O3S. The van der Waals surface area contributed by atoms with Gasteiger partial charge in [-0.15, -0.1) is 11.8 Å². The third-order valence-electron chi connectivity index (χ3n) is 4.83. The van der Waals surface area contributed by atoms with Gasteiger partial charge in [-0.25, -0.2) is 0 Å². The molecule has 4 rings (SSSR count). The SMILES string of the molecule is O=C(CCSc1ccc2c(c1)OCCO2)N1CCC[C@@H](c2ccn[nH]2)C1. The van der Waals surface area contributed by atoms with Gasteiger partial charge in [0.25, 0.3) is 0 Å². The second-order valence-corrected chi connectivity index (χ2v) is 7.76. The molecule has 0 unspecified atom stereocenters. The van der Waals surface area contributed by atoms with E-state index >= 15 is 0 Å². The molecule has 138 valence electrons. The molecule has 1 amide bonds. The molecule has 3 heterocycles. The molecule has 26 heavy (non-hydrogen) atoms. The summed E-state index contributed by atoms with van der Waals surface area (Å²) in [7, 11) is 0. The lowest BCUT2D eigenvalue weighted by atomic mass is 9.95. The number of carbonyl (C=O) groups excluding carboxylic acids is 1. The van der Waals surface area contributed by atoms with Crippen LogP contribution in [0.2, 0.25) is 0 Å². The van der Waals surface area contributed by atoms with Gasteiger partial charge in [0.2, 0.25) is 5.91 Å². The molecule has 7 heteroatoms. The quantitative estimate of drug-likeness (QED) is 0.816. The minimum Gasteiger partial charge on any atom is -0.486 e. The van der Waals surface area contributed by atoms with Crippen molar-refractivity contribution >= 4 is 17.7 Å². The number of thioether (sulfide) groups is 1. The lowest BCUT2D eigenvalue weighted by Gasteiger charge is -2.32. The van der Waals surface area contributed by atoms with Gasteiger partial charge in [0.05, 0.1) is 0 Å². The van der Waals surface area contributed by atoms with Gasteiger partial charge in [-0.3, -0.25) is 9.89 Å². The number of hydrogen-bond acceptors (Lipinski definition) is 5. The number of hydrogen-bond donors (Lipinski definition) is 1. The number of H-pyrrole nitrogens is 1. The number of aromatic amines is 1. The summed E-state index contributed by atoms with van der Waals surface area (Å²) >= 11 is 1.68. The Kier molecular flexibility index (Phi) is 5.34. The van der Waals surface area contributed by atoms with Gasteiger partial charge in [0.15, 0.2) is 11.5 Å². The first-order valence-electron chi connectivity index (χ1n) is 9.09. The van der Waals surface area contributed by atoms with Crippen LogP contribution in [0.15, 0.2) is 35.4 Å². The predicted octanol–water partition coefficient (Wildman–Crippen LogP) is 3.07. The Labute approximate surface area is 157 Å². The van der Waals surface area contributed by atoms with E-state index in [2.05, 4.69) is 10.2 Å². The highest BCUT2D eigenvalue weighted by atomic mass is 32.2. The van der Waals surface area contributed by atoms with E-state index in [0.29, 0.717) is 25.6 Å². The Morgan fingerprint density at radius 2 is 2.15 bits per heavy atom. The molecule has 0 spiro atoms. The van der Waals surface area contributed by atoms with Crippen molar-refractivity contribution in [3.63, 3.8) is 0 Å². The van der Waals surface area contributed by atoms with Crippen molar-refractivity contribution in [1.29, 1.82) is 0 Å². The summed E-state index contributed by atoms with van der Waals surface area (Å²) in [4.78, 5) is 15.7. The smallest absolute Gasteiger partial charge is 0.223 e. The summed E-state index contributed by atoms with van der Waals surface area (Å²) in [5.41, 5.74) is 1.13. The van der Waals surface area contributed by atoms with Crippen LogP contribution < -0.4 is 9.47 Å².